The molecule has 0 aromatic heterocycles. The highest BCUT2D eigenvalue weighted by molar-refractivity contribution is 6.12. The maximum atomic E-state index is 12.4. The van der Waals surface area contributed by atoms with E-state index in [9.17, 15) is 19.5 Å². The second kappa shape index (κ2) is 15.2. The summed E-state index contributed by atoms with van der Waals surface area (Å²) in [4.78, 5) is 36.8. The Morgan fingerprint density at radius 2 is 1.18 bits per heavy atom. The molecule has 1 aromatic carbocycles. The van der Waals surface area contributed by atoms with Gasteiger partial charge in [0.05, 0.1) is 0 Å². The molecule has 6 heteroatoms. The minimum Gasteiger partial charge on any atom is -0.507 e. The van der Waals surface area contributed by atoms with Crippen molar-refractivity contribution in [1.82, 2.24) is 10.2 Å². The van der Waals surface area contributed by atoms with E-state index in [-0.39, 0.29) is 28.6 Å². The van der Waals surface area contributed by atoms with Gasteiger partial charge in [0.2, 0.25) is 5.91 Å². The molecule has 0 aliphatic carbocycles. The minimum atomic E-state index is -0.182. The lowest BCUT2D eigenvalue weighted by atomic mass is 9.78. The smallest absolute Gasteiger partial charge is 0.253 e. The summed E-state index contributed by atoms with van der Waals surface area (Å²) in [5.41, 5.74) is 2.65. The van der Waals surface area contributed by atoms with Crippen LogP contribution in [0.5, 0.6) is 5.75 Å². The Morgan fingerprint density at radius 1 is 0.744 bits per heavy atom. The third kappa shape index (κ3) is 11.2. The summed E-state index contributed by atoms with van der Waals surface area (Å²) in [7, 11) is 0. The van der Waals surface area contributed by atoms with Crippen LogP contribution in [0.4, 0.5) is 0 Å². The number of hydrogen-bond donors (Lipinski definition) is 2. The zero-order valence-corrected chi connectivity index (χ0v) is 25.3. The van der Waals surface area contributed by atoms with Crippen molar-refractivity contribution < 1.29 is 19.5 Å². The summed E-state index contributed by atoms with van der Waals surface area (Å²) in [5, 5.41) is 14.0. The standard InChI is InChI=1S/C33H52N2O4/c1-32(2,3)26-23-25(24-27(31(26)39)33(4,5)6)17-18-28(36)34-21-15-13-11-9-7-8-10-12-14-16-22-35-29(37)19-20-30(35)38/h19-20,23-24,39H,7-18,21-22H2,1-6H3,(H,34,36). The highest BCUT2D eigenvalue weighted by Gasteiger charge is 2.26. The molecule has 0 radical (unpaired) electrons. The Bertz CT molecular complexity index is 945. The second-order valence-corrected chi connectivity index (χ2v) is 13.1. The molecule has 39 heavy (non-hydrogen) atoms. The van der Waals surface area contributed by atoms with Crippen molar-refractivity contribution in [3.8, 4) is 5.75 Å². The number of unbranched alkanes of at least 4 members (excludes halogenated alkanes) is 9. The van der Waals surface area contributed by atoms with Crippen LogP contribution in [-0.2, 0) is 31.6 Å². The summed E-state index contributed by atoms with van der Waals surface area (Å²) in [5.74, 6) is 0.107. The lowest BCUT2D eigenvalue weighted by Gasteiger charge is -2.28. The SMILES string of the molecule is CC(C)(C)c1cc(CCC(=O)NCCCCCCCCCCCCN2C(=O)C=CC2=O)cc(C(C)(C)C)c1O. The largest absolute Gasteiger partial charge is 0.507 e. The van der Waals surface area contributed by atoms with Crippen molar-refractivity contribution in [2.24, 2.45) is 0 Å². The molecule has 6 nitrogen and oxygen atoms in total. The van der Waals surface area contributed by atoms with Crippen LogP contribution in [0.3, 0.4) is 0 Å². The molecule has 0 bridgehead atoms. The van der Waals surface area contributed by atoms with Gasteiger partial charge in [0.1, 0.15) is 5.75 Å². The summed E-state index contributed by atoms with van der Waals surface area (Å²) < 4.78 is 0. The maximum Gasteiger partial charge on any atom is 0.253 e. The highest BCUT2D eigenvalue weighted by Crippen LogP contribution is 2.40. The van der Waals surface area contributed by atoms with Crippen LogP contribution in [-0.4, -0.2) is 40.8 Å². The summed E-state index contributed by atoms with van der Waals surface area (Å²) in [6.07, 6.45) is 15.1. The molecule has 1 heterocycles. The number of carbonyl (C=O) groups is 3. The predicted molar refractivity (Wildman–Crippen MR) is 159 cm³/mol. The van der Waals surface area contributed by atoms with Gasteiger partial charge >= 0.3 is 0 Å². The quantitative estimate of drug-likeness (QED) is 0.177. The normalized spacial score (nSPS) is 13.9. The van der Waals surface area contributed by atoms with Crippen LogP contribution in [0.1, 0.15) is 129 Å². The first-order valence-corrected chi connectivity index (χ1v) is 15.0. The number of imide groups is 1. The van der Waals surface area contributed by atoms with E-state index in [0.29, 0.717) is 25.1 Å². The first-order chi connectivity index (χ1) is 18.3. The van der Waals surface area contributed by atoms with Gasteiger partial charge in [0.15, 0.2) is 0 Å². The maximum absolute atomic E-state index is 12.4. The van der Waals surface area contributed by atoms with E-state index >= 15 is 0 Å². The Balaban J connectivity index is 1.53. The number of phenols is 1. The van der Waals surface area contributed by atoms with Gasteiger partial charge in [-0.2, -0.15) is 0 Å². The van der Waals surface area contributed by atoms with Crippen molar-refractivity contribution in [3.63, 3.8) is 0 Å². The average molecular weight is 541 g/mol. The fourth-order valence-electron chi connectivity index (χ4n) is 5.02. The third-order valence-corrected chi connectivity index (χ3v) is 7.46. The number of aryl methyl sites for hydroxylation is 1. The minimum absolute atomic E-state index is 0.0902. The van der Waals surface area contributed by atoms with Crippen LogP contribution in [0.25, 0.3) is 0 Å². The Hall–Kier alpha value is -2.63. The molecular weight excluding hydrogens is 488 g/mol. The summed E-state index contributed by atoms with van der Waals surface area (Å²) >= 11 is 0. The number of phenolic OH excluding ortho intramolecular Hbond substituents is 1. The number of nitrogens with one attached hydrogen (secondary N) is 1. The van der Waals surface area contributed by atoms with Crippen LogP contribution in [0.2, 0.25) is 0 Å². The molecule has 1 aromatic rings. The van der Waals surface area contributed by atoms with E-state index in [2.05, 4.69) is 59.0 Å². The fraction of sp³-hybridized carbons (Fsp3) is 0.667. The lowest BCUT2D eigenvalue weighted by Crippen LogP contribution is -2.30. The molecule has 218 valence electrons. The molecule has 0 saturated carbocycles. The number of benzene rings is 1. The number of amides is 3. The molecule has 0 atom stereocenters. The van der Waals surface area contributed by atoms with Crippen molar-refractivity contribution in [2.45, 2.75) is 129 Å². The van der Waals surface area contributed by atoms with E-state index in [1.54, 1.807) is 0 Å². The van der Waals surface area contributed by atoms with Crippen molar-refractivity contribution in [1.29, 1.82) is 0 Å². The number of aromatic hydroxyl groups is 1. The Morgan fingerprint density at radius 3 is 1.64 bits per heavy atom. The molecule has 0 unspecified atom stereocenters. The van der Waals surface area contributed by atoms with Crippen LogP contribution < -0.4 is 5.32 Å². The van der Waals surface area contributed by atoms with Gasteiger partial charge in [-0.15, -0.1) is 0 Å². The number of rotatable bonds is 16. The van der Waals surface area contributed by atoms with Gasteiger partial charge in [-0.1, -0.05) is 105 Å². The highest BCUT2D eigenvalue weighted by atomic mass is 16.3. The Kier molecular flexibility index (Phi) is 12.7. The fourth-order valence-corrected chi connectivity index (χ4v) is 5.02. The van der Waals surface area contributed by atoms with Crippen LogP contribution in [0.15, 0.2) is 24.3 Å². The zero-order valence-electron chi connectivity index (χ0n) is 25.3. The lowest BCUT2D eigenvalue weighted by molar-refractivity contribution is -0.136. The van der Waals surface area contributed by atoms with E-state index < -0.39 is 0 Å². The van der Waals surface area contributed by atoms with E-state index in [1.165, 1.54) is 49.2 Å². The monoisotopic (exact) mass is 540 g/mol. The van der Waals surface area contributed by atoms with Crippen molar-refractivity contribution >= 4 is 17.7 Å². The molecule has 1 aliphatic rings. The van der Waals surface area contributed by atoms with E-state index in [0.717, 1.165) is 55.3 Å². The molecule has 2 rings (SSSR count). The Labute approximate surface area is 236 Å². The van der Waals surface area contributed by atoms with Gasteiger partial charge in [-0.05, 0) is 46.8 Å². The molecule has 0 fully saturated rings. The van der Waals surface area contributed by atoms with E-state index in [1.807, 2.05) is 0 Å². The van der Waals surface area contributed by atoms with Crippen LogP contribution >= 0.6 is 0 Å². The summed E-state index contributed by atoms with van der Waals surface area (Å²) in [6.45, 7) is 13.9. The molecular formula is C33H52N2O4. The molecule has 1 aliphatic heterocycles. The van der Waals surface area contributed by atoms with Crippen molar-refractivity contribution in [2.75, 3.05) is 13.1 Å². The number of nitrogens with zero attached hydrogens (tertiary/aromatic N) is 1. The van der Waals surface area contributed by atoms with Gasteiger partial charge in [-0.25, -0.2) is 0 Å². The second-order valence-electron chi connectivity index (χ2n) is 13.1. The first kappa shape index (κ1) is 32.6. The van der Waals surface area contributed by atoms with Crippen molar-refractivity contribution in [3.05, 3.63) is 41.0 Å². The molecule has 0 saturated heterocycles. The first-order valence-electron chi connectivity index (χ1n) is 15.0. The van der Waals surface area contributed by atoms with Gasteiger partial charge in [0, 0.05) is 31.7 Å². The van der Waals surface area contributed by atoms with Gasteiger partial charge in [0.25, 0.3) is 11.8 Å². The molecule has 0 spiro atoms. The number of carbonyl (C=O) groups excluding carboxylic acids is 3. The summed E-state index contributed by atoms with van der Waals surface area (Å²) in [6, 6.07) is 4.13. The zero-order chi connectivity index (χ0) is 29.1. The third-order valence-electron chi connectivity index (χ3n) is 7.46. The average Bonchev–Trinajstić information content (AvgIpc) is 3.16. The van der Waals surface area contributed by atoms with Crippen LogP contribution in [0, 0.1) is 0 Å². The predicted octanol–water partition coefficient (Wildman–Crippen LogP) is 6.86. The van der Waals surface area contributed by atoms with Gasteiger partial charge < -0.3 is 10.4 Å². The topological polar surface area (TPSA) is 86.7 Å². The number of hydrogen-bond acceptors (Lipinski definition) is 4. The molecule has 3 amide bonds. The van der Waals surface area contributed by atoms with Gasteiger partial charge in [-0.3, -0.25) is 19.3 Å². The molecule has 2 N–H and O–H groups in total. The van der Waals surface area contributed by atoms with E-state index in [4.69, 9.17) is 0 Å².